The zero-order valence-electron chi connectivity index (χ0n) is 17.5. The zero-order chi connectivity index (χ0) is 22.6. The molecule has 0 fully saturated rings. The van der Waals surface area contributed by atoms with Crippen LogP contribution in [0.1, 0.15) is 10.4 Å². The molecule has 0 aliphatic heterocycles. The van der Waals surface area contributed by atoms with Gasteiger partial charge in [0.05, 0.1) is 16.8 Å². The molecule has 33 heavy (non-hydrogen) atoms. The van der Waals surface area contributed by atoms with Gasteiger partial charge < -0.3 is 10.1 Å². The van der Waals surface area contributed by atoms with E-state index in [1.807, 2.05) is 109 Å². The third-order valence-electron chi connectivity index (χ3n) is 5.19. The fourth-order valence-electron chi connectivity index (χ4n) is 3.56. The largest absolute Gasteiger partial charge is 0.457 e. The summed E-state index contributed by atoms with van der Waals surface area (Å²) in [4.78, 5) is 18.0. The van der Waals surface area contributed by atoms with Crippen molar-refractivity contribution in [2.24, 2.45) is 0 Å². The molecule has 1 amide bonds. The van der Waals surface area contributed by atoms with Crippen molar-refractivity contribution >= 4 is 38.4 Å². The lowest BCUT2D eigenvalue weighted by molar-refractivity contribution is 0.102. The average molecular weight is 495 g/mol. The van der Waals surface area contributed by atoms with Crippen LogP contribution in [-0.2, 0) is 0 Å². The average Bonchev–Trinajstić information content (AvgIpc) is 2.85. The van der Waals surface area contributed by atoms with E-state index in [-0.39, 0.29) is 5.91 Å². The molecule has 5 heteroatoms. The first kappa shape index (κ1) is 20.9. The number of fused-ring (bicyclic) bond motifs is 1. The summed E-state index contributed by atoms with van der Waals surface area (Å²) in [5.41, 5.74) is 3.72. The second-order valence-electron chi connectivity index (χ2n) is 7.47. The summed E-state index contributed by atoms with van der Waals surface area (Å²) >= 11 is 3.46. The first-order valence-corrected chi connectivity index (χ1v) is 11.2. The van der Waals surface area contributed by atoms with Crippen molar-refractivity contribution in [1.82, 2.24) is 4.98 Å². The number of carbonyl (C=O) groups excluding carboxylic acids is 1. The summed E-state index contributed by atoms with van der Waals surface area (Å²) in [6, 6.07) is 34.3. The van der Waals surface area contributed by atoms with E-state index in [0.29, 0.717) is 17.0 Å². The molecule has 4 aromatic carbocycles. The standard InChI is InChI=1S/C28H19BrN2O2/c29-20-12-10-19(11-13-20)27-18-25(24-8-4-5-9-26(24)31-27)28(32)30-21-14-16-23(17-15-21)33-22-6-2-1-3-7-22/h1-18H,(H,30,32). The van der Waals surface area contributed by atoms with Crippen LogP contribution in [0.15, 0.2) is 114 Å². The number of rotatable bonds is 5. The molecule has 5 aromatic rings. The maximum atomic E-state index is 13.3. The summed E-state index contributed by atoms with van der Waals surface area (Å²) in [6.45, 7) is 0. The predicted octanol–water partition coefficient (Wildman–Crippen LogP) is 7.71. The van der Waals surface area contributed by atoms with Gasteiger partial charge >= 0.3 is 0 Å². The number of aromatic nitrogens is 1. The molecule has 0 unspecified atom stereocenters. The minimum atomic E-state index is -0.191. The number of amides is 1. The summed E-state index contributed by atoms with van der Waals surface area (Å²) in [5.74, 6) is 1.27. The Morgan fingerprint density at radius 2 is 1.42 bits per heavy atom. The first-order chi connectivity index (χ1) is 16.2. The SMILES string of the molecule is O=C(Nc1ccc(Oc2ccccc2)cc1)c1cc(-c2ccc(Br)cc2)nc2ccccc12. The summed E-state index contributed by atoms with van der Waals surface area (Å²) in [5, 5.41) is 3.80. The van der Waals surface area contributed by atoms with Crippen molar-refractivity contribution in [3.8, 4) is 22.8 Å². The highest BCUT2D eigenvalue weighted by molar-refractivity contribution is 9.10. The lowest BCUT2D eigenvalue weighted by atomic mass is 10.0. The number of para-hydroxylation sites is 2. The smallest absolute Gasteiger partial charge is 0.256 e. The van der Waals surface area contributed by atoms with E-state index in [0.717, 1.165) is 32.4 Å². The minimum Gasteiger partial charge on any atom is -0.457 e. The normalized spacial score (nSPS) is 10.7. The maximum Gasteiger partial charge on any atom is 0.256 e. The Morgan fingerprint density at radius 1 is 0.758 bits per heavy atom. The van der Waals surface area contributed by atoms with Gasteiger partial charge in [0, 0.05) is 21.1 Å². The van der Waals surface area contributed by atoms with Gasteiger partial charge in [0.15, 0.2) is 0 Å². The van der Waals surface area contributed by atoms with Gasteiger partial charge in [-0.05, 0) is 60.7 Å². The highest BCUT2D eigenvalue weighted by atomic mass is 79.9. The van der Waals surface area contributed by atoms with Gasteiger partial charge in [0.1, 0.15) is 11.5 Å². The highest BCUT2D eigenvalue weighted by Crippen LogP contribution is 2.27. The van der Waals surface area contributed by atoms with E-state index in [1.54, 1.807) is 0 Å². The second-order valence-corrected chi connectivity index (χ2v) is 8.39. The van der Waals surface area contributed by atoms with Gasteiger partial charge in [0.2, 0.25) is 0 Å². The molecular weight excluding hydrogens is 476 g/mol. The zero-order valence-corrected chi connectivity index (χ0v) is 19.1. The van der Waals surface area contributed by atoms with Crippen LogP contribution in [0.4, 0.5) is 5.69 Å². The predicted molar refractivity (Wildman–Crippen MR) is 136 cm³/mol. The Labute approximate surface area is 200 Å². The van der Waals surface area contributed by atoms with Gasteiger partial charge in [-0.3, -0.25) is 4.79 Å². The topological polar surface area (TPSA) is 51.2 Å². The molecule has 0 spiro atoms. The summed E-state index contributed by atoms with van der Waals surface area (Å²) in [7, 11) is 0. The third-order valence-corrected chi connectivity index (χ3v) is 5.72. The van der Waals surface area contributed by atoms with Crippen molar-refractivity contribution in [1.29, 1.82) is 0 Å². The number of nitrogens with zero attached hydrogens (tertiary/aromatic N) is 1. The molecule has 0 saturated heterocycles. The third kappa shape index (κ3) is 4.78. The van der Waals surface area contributed by atoms with Gasteiger partial charge in [-0.2, -0.15) is 0 Å². The van der Waals surface area contributed by atoms with Crippen LogP contribution in [0.2, 0.25) is 0 Å². The monoisotopic (exact) mass is 494 g/mol. The maximum absolute atomic E-state index is 13.3. The number of hydrogen-bond donors (Lipinski definition) is 1. The van der Waals surface area contributed by atoms with Crippen molar-refractivity contribution in [3.05, 3.63) is 119 Å². The highest BCUT2D eigenvalue weighted by Gasteiger charge is 2.14. The van der Waals surface area contributed by atoms with E-state index in [9.17, 15) is 4.79 Å². The molecule has 1 N–H and O–H groups in total. The number of carbonyl (C=O) groups is 1. The van der Waals surface area contributed by atoms with Crippen molar-refractivity contribution < 1.29 is 9.53 Å². The van der Waals surface area contributed by atoms with E-state index in [1.165, 1.54) is 0 Å². The van der Waals surface area contributed by atoms with Crippen LogP contribution in [0.25, 0.3) is 22.2 Å². The lowest BCUT2D eigenvalue weighted by Crippen LogP contribution is -2.13. The molecule has 0 atom stereocenters. The molecule has 0 radical (unpaired) electrons. The molecule has 0 bridgehead atoms. The molecular formula is C28H19BrN2O2. The van der Waals surface area contributed by atoms with Crippen LogP contribution < -0.4 is 10.1 Å². The van der Waals surface area contributed by atoms with E-state index >= 15 is 0 Å². The van der Waals surface area contributed by atoms with Crippen molar-refractivity contribution in [2.45, 2.75) is 0 Å². The van der Waals surface area contributed by atoms with Gasteiger partial charge in [-0.15, -0.1) is 0 Å². The van der Waals surface area contributed by atoms with Crippen LogP contribution in [-0.4, -0.2) is 10.9 Å². The lowest BCUT2D eigenvalue weighted by Gasteiger charge is -2.11. The molecule has 0 aliphatic rings. The van der Waals surface area contributed by atoms with Gasteiger partial charge in [0.25, 0.3) is 5.91 Å². The first-order valence-electron chi connectivity index (χ1n) is 10.5. The molecule has 4 nitrogen and oxygen atoms in total. The number of benzene rings is 4. The molecule has 0 aliphatic carbocycles. The van der Waals surface area contributed by atoms with E-state index in [4.69, 9.17) is 9.72 Å². The van der Waals surface area contributed by atoms with Gasteiger partial charge in [-0.25, -0.2) is 4.98 Å². The fraction of sp³-hybridized carbons (Fsp3) is 0. The van der Waals surface area contributed by atoms with Crippen LogP contribution >= 0.6 is 15.9 Å². The molecule has 5 rings (SSSR count). The second kappa shape index (κ2) is 9.27. The molecule has 160 valence electrons. The summed E-state index contributed by atoms with van der Waals surface area (Å²) in [6.07, 6.45) is 0. The van der Waals surface area contributed by atoms with Crippen molar-refractivity contribution in [2.75, 3.05) is 5.32 Å². The molecule has 0 saturated carbocycles. The van der Waals surface area contributed by atoms with Gasteiger partial charge in [-0.1, -0.05) is 64.5 Å². The Balaban J connectivity index is 1.42. The summed E-state index contributed by atoms with van der Waals surface area (Å²) < 4.78 is 6.82. The van der Waals surface area contributed by atoms with E-state index < -0.39 is 0 Å². The quantitative estimate of drug-likeness (QED) is 0.272. The minimum absolute atomic E-state index is 0.191. The molecule has 1 aromatic heterocycles. The Kier molecular flexibility index (Phi) is 5.87. The Hall–Kier alpha value is -3.96. The number of pyridine rings is 1. The number of anilines is 1. The number of halogens is 1. The molecule has 1 heterocycles. The van der Waals surface area contributed by atoms with Crippen LogP contribution in [0.3, 0.4) is 0 Å². The number of nitrogens with one attached hydrogen (secondary N) is 1. The Bertz CT molecular complexity index is 1420. The fourth-order valence-corrected chi connectivity index (χ4v) is 3.83. The number of hydrogen-bond acceptors (Lipinski definition) is 3. The van der Waals surface area contributed by atoms with E-state index in [2.05, 4.69) is 21.2 Å². The van der Waals surface area contributed by atoms with Crippen LogP contribution in [0.5, 0.6) is 11.5 Å². The van der Waals surface area contributed by atoms with Crippen LogP contribution in [0, 0.1) is 0 Å². The number of ether oxygens (including phenoxy) is 1. The Morgan fingerprint density at radius 3 is 2.18 bits per heavy atom. The van der Waals surface area contributed by atoms with Crippen molar-refractivity contribution in [3.63, 3.8) is 0 Å².